The molecule has 1 aliphatic rings. The topological polar surface area (TPSA) is 86.2 Å². The molecule has 4 heteroatoms. The Hall–Kier alpha value is -1.06. The Kier molecular flexibility index (Phi) is 1.21. The van der Waals surface area contributed by atoms with Crippen LogP contribution in [0.15, 0.2) is 0 Å². The third-order valence-electron chi connectivity index (χ3n) is 2.19. The number of carbonyl (C=O) groups is 2. The number of hydrogen-bond donors (Lipinski definition) is 2. The largest absolute Gasteiger partial charge is 0.369 e. The Morgan fingerprint density at radius 3 is 1.70 bits per heavy atom. The van der Waals surface area contributed by atoms with Crippen molar-refractivity contribution in [3.63, 3.8) is 0 Å². The van der Waals surface area contributed by atoms with E-state index in [1.54, 1.807) is 6.92 Å². The van der Waals surface area contributed by atoms with Crippen molar-refractivity contribution in [3.8, 4) is 0 Å². The zero-order valence-electron chi connectivity index (χ0n) is 5.76. The lowest BCUT2D eigenvalue weighted by Crippen LogP contribution is -2.38. The SMILES string of the molecule is CC1CC1(C(N)=O)C(N)=O. The summed E-state index contributed by atoms with van der Waals surface area (Å²) in [5.41, 5.74) is 8.95. The number of carbonyl (C=O) groups excluding carboxylic acids is 2. The summed E-state index contributed by atoms with van der Waals surface area (Å²) < 4.78 is 0. The van der Waals surface area contributed by atoms with Crippen molar-refractivity contribution in [3.05, 3.63) is 0 Å². The zero-order chi connectivity index (χ0) is 7.94. The predicted octanol–water partition coefficient (Wildman–Crippen LogP) is -1.02. The summed E-state index contributed by atoms with van der Waals surface area (Å²) in [6.45, 7) is 1.79. The Morgan fingerprint density at radius 1 is 1.40 bits per heavy atom. The summed E-state index contributed by atoms with van der Waals surface area (Å²) in [5, 5.41) is 0. The highest BCUT2D eigenvalue weighted by molar-refractivity contribution is 6.07. The first kappa shape index (κ1) is 7.05. The van der Waals surface area contributed by atoms with Crippen LogP contribution in [-0.4, -0.2) is 11.8 Å². The van der Waals surface area contributed by atoms with Crippen LogP contribution < -0.4 is 11.5 Å². The minimum absolute atomic E-state index is 0.0301. The Labute approximate surface area is 58.6 Å². The van der Waals surface area contributed by atoms with Gasteiger partial charge in [0.25, 0.3) is 0 Å². The van der Waals surface area contributed by atoms with Gasteiger partial charge in [0.2, 0.25) is 11.8 Å². The van der Waals surface area contributed by atoms with E-state index < -0.39 is 17.2 Å². The Balaban J connectivity index is 2.83. The second-order valence-corrected chi connectivity index (χ2v) is 2.81. The molecule has 0 saturated heterocycles. The molecule has 0 aliphatic heterocycles. The molecule has 10 heavy (non-hydrogen) atoms. The van der Waals surface area contributed by atoms with E-state index in [2.05, 4.69) is 0 Å². The minimum Gasteiger partial charge on any atom is -0.369 e. The van der Waals surface area contributed by atoms with Gasteiger partial charge in [-0.25, -0.2) is 0 Å². The molecule has 1 fully saturated rings. The van der Waals surface area contributed by atoms with Crippen LogP contribution in [0.25, 0.3) is 0 Å². The van der Waals surface area contributed by atoms with Crippen molar-refractivity contribution in [1.82, 2.24) is 0 Å². The molecule has 1 atom stereocenters. The van der Waals surface area contributed by atoms with Gasteiger partial charge in [-0.1, -0.05) is 6.92 Å². The highest BCUT2D eigenvalue weighted by atomic mass is 16.2. The third kappa shape index (κ3) is 0.616. The molecule has 1 aliphatic carbocycles. The quantitative estimate of drug-likeness (QED) is 0.483. The number of nitrogens with two attached hydrogens (primary N) is 2. The maximum atomic E-state index is 10.7. The summed E-state index contributed by atoms with van der Waals surface area (Å²) in [6.07, 6.45) is 0.512. The number of hydrogen-bond acceptors (Lipinski definition) is 2. The first-order chi connectivity index (χ1) is 4.51. The van der Waals surface area contributed by atoms with Crippen LogP contribution in [0.2, 0.25) is 0 Å². The van der Waals surface area contributed by atoms with Crippen molar-refractivity contribution in [2.75, 3.05) is 0 Å². The summed E-state index contributed by atoms with van der Waals surface area (Å²) in [6, 6.07) is 0. The molecule has 56 valence electrons. The van der Waals surface area contributed by atoms with E-state index in [0.717, 1.165) is 0 Å². The minimum atomic E-state index is -1.01. The van der Waals surface area contributed by atoms with Gasteiger partial charge < -0.3 is 11.5 Å². The Morgan fingerprint density at radius 2 is 1.70 bits per heavy atom. The predicted molar refractivity (Wildman–Crippen MR) is 34.6 cm³/mol. The van der Waals surface area contributed by atoms with Crippen LogP contribution in [0.3, 0.4) is 0 Å². The highest BCUT2D eigenvalue weighted by Crippen LogP contribution is 2.51. The smallest absolute Gasteiger partial charge is 0.233 e. The molecule has 0 radical (unpaired) electrons. The maximum absolute atomic E-state index is 10.7. The fourth-order valence-electron chi connectivity index (χ4n) is 1.23. The van der Waals surface area contributed by atoms with Crippen LogP contribution in [0.5, 0.6) is 0 Å². The lowest BCUT2D eigenvalue weighted by Gasteiger charge is -2.04. The van der Waals surface area contributed by atoms with Gasteiger partial charge in [-0.2, -0.15) is 0 Å². The third-order valence-corrected chi connectivity index (χ3v) is 2.19. The molecule has 4 N–H and O–H groups in total. The number of rotatable bonds is 2. The standard InChI is InChI=1S/C6H10N2O2/c1-3-2-6(3,4(7)9)5(8)10/h3H,2H2,1H3,(H2,7,9)(H2,8,10). The van der Waals surface area contributed by atoms with E-state index in [9.17, 15) is 9.59 Å². The average Bonchev–Trinajstić information content (AvgIpc) is 2.42. The number of amides is 2. The fraction of sp³-hybridized carbons (Fsp3) is 0.667. The Bertz CT molecular complexity index is 186. The summed E-state index contributed by atoms with van der Waals surface area (Å²) in [4.78, 5) is 21.3. The van der Waals surface area contributed by atoms with Crippen molar-refractivity contribution in [1.29, 1.82) is 0 Å². The van der Waals surface area contributed by atoms with Gasteiger partial charge in [0, 0.05) is 0 Å². The normalized spacial score (nSPS) is 27.5. The number of primary amides is 2. The maximum Gasteiger partial charge on any atom is 0.233 e. The molecular formula is C6H10N2O2. The van der Waals surface area contributed by atoms with E-state index in [1.807, 2.05) is 0 Å². The van der Waals surface area contributed by atoms with Gasteiger partial charge >= 0.3 is 0 Å². The van der Waals surface area contributed by atoms with Gasteiger partial charge in [-0.05, 0) is 12.3 Å². The van der Waals surface area contributed by atoms with E-state index in [-0.39, 0.29) is 5.92 Å². The second kappa shape index (κ2) is 1.71. The van der Waals surface area contributed by atoms with Crippen molar-refractivity contribution < 1.29 is 9.59 Å². The van der Waals surface area contributed by atoms with Crippen LogP contribution in [0, 0.1) is 11.3 Å². The first-order valence-corrected chi connectivity index (χ1v) is 3.11. The molecule has 1 unspecified atom stereocenters. The van der Waals surface area contributed by atoms with Crippen molar-refractivity contribution in [2.24, 2.45) is 22.8 Å². The van der Waals surface area contributed by atoms with Crippen LogP contribution in [-0.2, 0) is 9.59 Å². The highest BCUT2D eigenvalue weighted by Gasteiger charge is 2.61. The molecule has 0 aromatic heterocycles. The van der Waals surface area contributed by atoms with Crippen molar-refractivity contribution in [2.45, 2.75) is 13.3 Å². The lowest BCUT2D eigenvalue weighted by atomic mass is 10.0. The first-order valence-electron chi connectivity index (χ1n) is 3.11. The van der Waals surface area contributed by atoms with Gasteiger partial charge in [-0.3, -0.25) is 9.59 Å². The molecule has 1 saturated carbocycles. The molecule has 0 aromatic rings. The van der Waals surface area contributed by atoms with E-state index >= 15 is 0 Å². The molecule has 0 spiro atoms. The molecule has 4 nitrogen and oxygen atoms in total. The van der Waals surface area contributed by atoms with E-state index in [4.69, 9.17) is 11.5 Å². The van der Waals surface area contributed by atoms with Gasteiger partial charge in [0.1, 0.15) is 5.41 Å². The van der Waals surface area contributed by atoms with Gasteiger partial charge in [0.15, 0.2) is 0 Å². The molecular weight excluding hydrogens is 132 g/mol. The molecule has 2 amide bonds. The summed E-state index contributed by atoms with van der Waals surface area (Å²) >= 11 is 0. The summed E-state index contributed by atoms with van der Waals surface area (Å²) in [7, 11) is 0. The molecule has 0 heterocycles. The molecule has 0 bridgehead atoms. The van der Waals surface area contributed by atoms with Gasteiger partial charge in [-0.15, -0.1) is 0 Å². The lowest BCUT2D eigenvalue weighted by molar-refractivity contribution is -0.134. The van der Waals surface area contributed by atoms with Crippen molar-refractivity contribution >= 4 is 11.8 Å². The van der Waals surface area contributed by atoms with E-state index in [1.165, 1.54) is 0 Å². The fourth-order valence-corrected chi connectivity index (χ4v) is 1.23. The average molecular weight is 142 g/mol. The monoisotopic (exact) mass is 142 g/mol. The van der Waals surface area contributed by atoms with Crippen LogP contribution in [0.1, 0.15) is 13.3 Å². The second-order valence-electron chi connectivity index (χ2n) is 2.81. The molecule has 1 rings (SSSR count). The van der Waals surface area contributed by atoms with Crippen LogP contribution in [0.4, 0.5) is 0 Å². The summed E-state index contributed by atoms with van der Waals surface area (Å²) in [5.74, 6) is -1.15. The van der Waals surface area contributed by atoms with E-state index in [0.29, 0.717) is 6.42 Å². The molecule has 0 aromatic carbocycles. The van der Waals surface area contributed by atoms with Gasteiger partial charge in [0.05, 0.1) is 0 Å². The van der Waals surface area contributed by atoms with Crippen LogP contribution >= 0.6 is 0 Å². The zero-order valence-corrected chi connectivity index (χ0v) is 5.76.